The molecular formula is C67H76BrCl5IN30NaO18. The largest absolute Gasteiger partial charge is 1.00 e. The maximum absolute atomic E-state index is 11.5. The second-order valence-corrected chi connectivity index (χ2v) is 23.5. The molecule has 652 valence electrons. The number of hydrogen-bond donors (Lipinski definition) is 9. The Kier molecular flexibility index (Phi) is 55.9. The summed E-state index contributed by atoms with van der Waals surface area (Å²) in [6.45, 7) is 31.2. The maximum Gasteiger partial charge on any atom is 1.00 e. The summed E-state index contributed by atoms with van der Waals surface area (Å²) >= 11 is 33.6. The van der Waals surface area contributed by atoms with Gasteiger partial charge >= 0.3 is 70.1 Å². The van der Waals surface area contributed by atoms with Gasteiger partial charge in [0.15, 0.2) is 16.2 Å². The molecule has 48 nitrogen and oxygen atoms in total. The van der Waals surface area contributed by atoms with E-state index in [4.69, 9.17) is 97.0 Å². The van der Waals surface area contributed by atoms with Gasteiger partial charge in [0.1, 0.15) is 53.2 Å². The molecule has 0 aliphatic heterocycles. The van der Waals surface area contributed by atoms with Crippen LogP contribution in [0.4, 0.5) is 28.4 Å². The second-order valence-electron chi connectivity index (χ2n) is 20.9. The maximum atomic E-state index is 11.5. The Labute approximate surface area is 764 Å². The third-order valence-corrected chi connectivity index (χ3v) is 14.8. The first-order chi connectivity index (χ1) is 57.5. The van der Waals surface area contributed by atoms with Gasteiger partial charge in [-0.05, 0) is 45.8 Å². The number of anilines is 1. The van der Waals surface area contributed by atoms with Crippen molar-refractivity contribution in [3.63, 3.8) is 0 Å². The minimum Gasteiger partial charge on any atom is -0.870 e. The van der Waals surface area contributed by atoms with Gasteiger partial charge in [-0.3, -0.25) is 98.1 Å². The topological polar surface area (TPSA) is 703 Å². The Bertz CT molecular complexity index is 5710. The van der Waals surface area contributed by atoms with E-state index in [-0.39, 0.29) is 106 Å². The summed E-state index contributed by atoms with van der Waals surface area (Å²) in [5.74, 6) is -2.83. The van der Waals surface area contributed by atoms with Gasteiger partial charge in [0, 0.05) is 13.2 Å². The van der Waals surface area contributed by atoms with Gasteiger partial charge in [0.25, 0.3) is 22.9 Å². The number of H-pyrrole nitrogens is 4. The second kappa shape index (κ2) is 61.3. The summed E-state index contributed by atoms with van der Waals surface area (Å²) in [5, 5.41) is 84.6. The Morgan fingerprint density at radius 1 is 0.585 bits per heavy atom. The molecular weight excluding hydrogens is 1920 g/mol. The number of aromatic nitrogens is 22. The number of amides is 2. The number of aromatic carboxylic acids is 1. The Balaban J connectivity index is -0.00000131. The molecule has 14 N–H and O–H groups in total. The van der Waals surface area contributed by atoms with Gasteiger partial charge in [-0.2, -0.15) is 50.4 Å². The van der Waals surface area contributed by atoms with Crippen molar-refractivity contribution in [2.24, 2.45) is 17.2 Å². The molecule has 12 rings (SSSR count). The number of carboxylic acids is 1. The first kappa shape index (κ1) is 112. The molecule has 0 aliphatic rings. The molecule has 0 bridgehead atoms. The number of nitrogens with two attached hydrogens (primary N) is 4. The molecule has 0 unspecified atom stereocenters. The average molecular weight is 2000 g/mol. The van der Waals surface area contributed by atoms with Crippen LogP contribution < -0.4 is 69.3 Å². The van der Waals surface area contributed by atoms with E-state index in [1.54, 1.807) is 59.5 Å². The summed E-state index contributed by atoms with van der Waals surface area (Å²) in [7, 11) is 0. The molecule has 11 heterocycles. The number of primary amides is 2. The van der Waals surface area contributed by atoms with Gasteiger partial charge in [0.2, 0.25) is 22.0 Å². The van der Waals surface area contributed by atoms with E-state index in [2.05, 4.69) is 144 Å². The summed E-state index contributed by atoms with van der Waals surface area (Å²) < 4.78 is 15.8. The van der Waals surface area contributed by atoms with Crippen LogP contribution in [0.1, 0.15) is 45.8 Å². The van der Waals surface area contributed by atoms with Crippen molar-refractivity contribution in [1.82, 2.24) is 109 Å². The smallest absolute Gasteiger partial charge is 0.870 e. The summed E-state index contributed by atoms with van der Waals surface area (Å²) in [6, 6.07) is 5.37. The first-order valence-electron chi connectivity index (χ1n) is 32.8. The molecule has 0 atom stereocenters. The number of halogens is 7. The van der Waals surface area contributed by atoms with E-state index < -0.39 is 60.1 Å². The Morgan fingerprint density at radius 3 is 1.44 bits per heavy atom. The van der Waals surface area contributed by atoms with Crippen LogP contribution in [-0.2, 0) is 61.9 Å². The standard InChI is InChI=1S/C8H6Cl2N4.C8H7ClN4O.C8H8N4O2.C7H7Cl2N.C7H8N4O3.C7H10N4O.C7H7N3O4.C6H7N3O2.C3H5Br.C3H3N3O2.CH3I.CO2.CH4.Na.H2O/c1-2-3-14-6-5(4-11-14)12-8(10)13-7(6)9;1-2-3-13-6-5(4-10-13)11-8(9)12-7(6)14;1-2-3-12-6-5(4-9-12)10-8(14)11-7(6)13;8-6-2-1-5(4-10)3-7(6)9;1-2-3-10-6(7(8)12)5(4-9-10)11(13)14;1-2-3-11-6(7(9)12)5(8)4-10-11;1-2-3-9-6(7(11)12)5(4-8-9)10(13)14;1-2-3-8-5-6(4-7-8)9(10)11;1-2-3-4;7-6(8)3-1-4-5-2-3;1-2;2-1-3;;;/h2,4H,1,3H2;2,4H,1,3H2,(H,11,12,14);2,4H,1,3H2,(H2,10,11,13,14);1-3H,4,10H2;2,4H,1,3H2,(H2,8,12);2,4H,1,3,8H2,(H2,9,12);2,4H,1,3H2,(H,11,12);2,4-5H,1,3H2;2H,1,3H2;1-2H,(H,4,5);1H3;;1H4;;1H2/q;;;;;;;;;;;;;+1;/p-1/i;;;;;;;;;;1D;;;;. The molecule has 123 heavy (non-hydrogen) atoms. The fourth-order valence-electron chi connectivity index (χ4n) is 8.35. The van der Waals surface area contributed by atoms with E-state index in [1.807, 2.05) is 28.7 Å². The van der Waals surface area contributed by atoms with Crippen LogP contribution in [0, 0.1) is 40.5 Å². The molecule has 0 aliphatic carbocycles. The molecule has 11 aromatic heterocycles. The molecule has 0 fully saturated rings. The van der Waals surface area contributed by atoms with Crippen molar-refractivity contribution >= 4 is 182 Å². The predicted molar refractivity (Wildman–Crippen MR) is 465 cm³/mol. The van der Waals surface area contributed by atoms with Crippen LogP contribution in [0.25, 0.3) is 33.1 Å². The van der Waals surface area contributed by atoms with Crippen molar-refractivity contribution in [2.45, 2.75) is 59.8 Å². The van der Waals surface area contributed by atoms with E-state index >= 15 is 0 Å². The zero-order valence-corrected chi connectivity index (χ0v) is 73.1. The molecule has 0 spiro atoms. The number of hydrogen-bond acceptors (Lipinski definition) is 30. The number of carbonyl (C=O) groups is 3. The van der Waals surface area contributed by atoms with Crippen LogP contribution in [0.3, 0.4) is 0 Å². The summed E-state index contributed by atoms with van der Waals surface area (Å²) in [4.78, 5) is 140. The van der Waals surface area contributed by atoms with E-state index in [1.165, 1.54) is 68.1 Å². The number of nitrogens with zero attached hydrogens (tertiary/aromatic N) is 22. The number of nitrogens with one attached hydrogen (secondary N) is 4. The number of fused-ring (bicyclic) bond motifs is 3. The van der Waals surface area contributed by atoms with E-state index in [9.17, 15) is 69.2 Å². The van der Waals surface area contributed by atoms with Crippen molar-refractivity contribution in [1.29, 1.82) is 0 Å². The monoisotopic (exact) mass is 1990 g/mol. The number of nitro groups is 4. The van der Waals surface area contributed by atoms with Crippen LogP contribution >= 0.6 is 96.5 Å². The number of benzene rings is 1. The van der Waals surface area contributed by atoms with Crippen molar-refractivity contribution in [3.8, 4) is 0 Å². The van der Waals surface area contributed by atoms with Crippen molar-refractivity contribution < 1.29 is 85.2 Å². The molecule has 2 amide bonds. The van der Waals surface area contributed by atoms with Crippen LogP contribution in [0.2, 0.25) is 25.8 Å². The molecule has 0 saturated heterocycles. The predicted octanol–water partition coefficient (Wildman–Crippen LogP) is 6.62. The van der Waals surface area contributed by atoms with Crippen molar-refractivity contribution in [3.05, 3.63) is 301 Å². The van der Waals surface area contributed by atoms with Crippen molar-refractivity contribution in [2.75, 3.05) is 16.0 Å². The summed E-state index contributed by atoms with van der Waals surface area (Å²) in [5.41, 5.74) is 22.6. The van der Waals surface area contributed by atoms with Crippen LogP contribution in [-0.4, -0.2) is 173 Å². The fourth-order valence-corrected chi connectivity index (χ4v) is 9.34. The zero-order chi connectivity index (χ0) is 91.6. The van der Waals surface area contributed by atoms with E-state index in [0.717, 1.165) is 38.8 Å². The summed E-state index contributed by atoms with van der Waals surface area (Å²) in [6.07, 6.45) is 25.9. The molecule has 0 radical (unpaired) electrons. The normalized spacial score (nSPS) is 9.45. The molecule has 0 saturated carbocycles. The number of allylic oxidation sites excluding steroid dienone is 8. The van der Waals surface area contributed by atoms with E-state index in [0.29, 0.717) is 98.2 Å². The third-order valence-electron chi connectivity index (χ3n) is 13.0. The number of carbonyl (C=O) groups excluding carboxylic acids is 4. The first-order valence-corrected chi connectivity index (χ1v) is 36.6. The Morgan fingerprint density at radius 2 is 1.02 bits per heavy atom. The molecule has 1 aromatic carbocycles. The minimum absolute atomic E-state index is 0. The van der Waals surface area contributed by atoms with Gasteiger partial charge < -0.3 is 38.5 Å². The van der Waals surface area contributed by atoms with Crippen LogP contribution in [0.5, 0.6) is 0 Å². The number of alkyl halides is 2. The van der Waals surface area contributed by atoms with Gasteiger partial charge in [-0.15, -0.1) is 52.6 Å². The Hall–Kier alpha value is -13.0. The number of nitrogen functional groups attached to an aromatic ring is 1. The van der Waals surface area contributed by atoms with Crippen LogP contribution in [0.15, 0.2) is 196 Å². The van der Waals surface area contributed by atoms with Gasteiger partial charge in [-0.1, -0.05) is 135 Å². The third kappa shape index (κ3) is 37.7. The number of rotatable bonds is 23. The van der Waals surface area contributed by atoms with Gasteiger partial charge in [0.05, 0.1) is 118 Å². The van der Waals surface area contributed by atoms with Gasteiger partial charge in [-0.25, -0.2) is 33.9 Å². The molecule has 12 aromatic rings. The average Bonchev–Trinajstić information content (AvgIpc) is 1.65. The minimum atomic E-state index is -1.38. The number of aromatic amines is 4. The molecule has 56 heteroatoms. The SMILES string of the molecule is C.C=CCBr.C=CCn1cc([N+](=O)[O-])cn1.C=CCn1ncc(N)c1C(N)=O.C=CCn1ncc([N+](=O)[O-])c1C(=O)O.C=CCn1ncc([N+](=O)[O-])c1C(N)=O.C=CCn1ncc2[nH]c(=O)[nH]c(=O)c21.C=CCn1ncc2nc(Cl)[nH]c(=O)c21.C=CCn1ncc2nc(Cl)nc(Cl)c21.NCc1ccc(Cl)c(Cl)c1.O=C=O.O=[N+]([O-])c1cn[nH]c1.[2H]CI.[Na+].[OH-]. The zero-order valence-electron chi connectivity index (χ0n) is 64.6. The fraction of sp³-hybridized carbons (Fsp3) is 0.164. The quantitative estimate of drug-likeness (QED) is 0.00474. The number of carboxylic acid groups (broad SMARTS) is 1.